The number of pyridine rings is 1. The Hall–Kier alpha value is -1.88. The van der Waals surface area contributed by atoms with Crippen molar-refractivity contribution in [3.63, 3.8) is 0 Å². The van der Waals surface area contributed by atoms with Gasteiger partial charge in [-0.25, -0.2) is 4.98 Å². The molecule has 2 aromatic rings. The number of aromatic nitrogens is 3. The van der Waals surface area contributed by atoms with Gasteiger partial charge in [0.2, 0.25) is 11.8 Å². The van der Waals surface area contributed by atoms with Gasteiger partial charge in [0.15, 0.2) is 0 Å². The third kappa shape index (κ3) is 3.79. The first-order valence-electron chi connectivity index (χ1n) is 6.05. The van der Waals surface area contributed by atoms with Crippen LogP contribution < -0.4 is 10.1 Å². The molecule has 2 aromatic heterocycles. The Morgan fingerprint density at radius 1 is 1.32 bits per heavy atom. The number of nitrogens with zero attached hydrogens (tertiary/aromatic N) is 3. The molecule has 0 spiro atoms. The van der Waals surface area contributed by atoms with E-state index in [9.17, 15) is 0 Å². The van der Waals surface area contributed by atoms with Crippen LogP contribution in [-0.4, -0.2) is 21.5 Å². The first kappa shape index (κ1) is 13.5. The van der Waals surface area contributed by atoms with Crippen molar-refractivity contribution in [2.45, 2.75) is 20.3 Å². The molecule has 19 heavy (non-hydrogen) atoms. The number of anilines is 1. The molecule has 0 atom stereocenters. The molecule has 2 heterocycles. The van der Waals surface area contributed by atoms with E-state index in [0.29, 0.717) is 22.6 Å². The second-order valence-electron chi connectivity index (χ2n) is 4.05. The van der Waals surface area contributed by atoms with Crippen molar-refractivity contribution in [2.75, 3.05) is 11.9 Å². The molecule has 0 aromatic carbocycles. The molecule has 0 saturated heterocycles. The Balaban J connectivity index is 2.19. The molecule has 2 rings (SSSR count). The van der Waals surface area contributed by atoms with Crippen molar-refractivity contribution in [3.05, 3.63) is 35.2 Å². The first-order chi connectivity index (χ1) is 9.19. The van der Waals surface area contributed by atoms with Crippen molar-refractivity contribution in [1.82, 2.24) is 15.0 Å². The van der Waals surface area contributed by atoms with E-state index in [-0.39, 0.29) is 0 Å². The van der Waals surface area contributed by atoms with Crippen molar-refractivity contribution in [1.29, 1.82) is 0 Å². The summed E-state index contributed by atoms with van der Waals surface area (Å²) in [4.78, 5) is 12.5. The van der Waals surface area contributed by atoms with Crippen molar-refractivity contribution in [3.8, 4) is 11.6 Å². The summed E-state index contributed by atoms with van der Waals surface area (Å²) in [7, 11) is 0. The lowest BCUT2D eigenvalue weighted by molar-refractivity contribution is 0.456. The molecule has 1 N–H and O–H groups in total. The van der Waals surface area contributed by atoms with Crippen LogP contribution in [0.25, 0.3) is 0 Å². The van der Waals surface area contributed by atoms with Gasteiger partial charge < -0.3 is 10.1 Å². The Morgan fingerprint density at radius 2 is 2.16 bits per heavy atom. The molecular formula is C13H15ClN4O. The second-order valence-corrected chi connectivity index (χ2v) is 4.49. The van der Waals surface area contributed by atoms with Gasteiger partial charge in [-0.2, -0.15) is 4.98 Å². The zero-order valence-electron chi connectivity index (χ0n) is 10.9. The topological polar surface area (TPSA) is 59.9 Å². The predicted octanol–water partition coefficient (Wildman–Crippen LogP) is 3.45. The van der Waals surface area contributed by atoms with E-state index in [0.717, 1.165) is 18.5 Å². The maximum Gasteiger partial charge on any atom is 0.227 e. The van der Waals surface area contributed by atoms with Gasteiger partial charge in [-0.15, -0.1) is 0 Å². The van der Waals surface area contributed by atoms with Crippen LogP contribution in [0.1, 0.15) is 18.9 Å². The molecule has 5 nitrogen and oxygen atoms in total. The fourth-order valence-electron chi connectivity index (χ4n) is 1.41. The summed E-state index contributed by atoms with van der Waals surface area (Å²) in [5, 5.41) is 3.64. The number of ether oxygens (including phenoxy) is 1. The van der Waals surface area contributed by atoms with Gasteiger partial charge in [-0.3, -0.25) is 4.98 Å². The molecule has 0 fully saturated rings. The highest BCUT2D eigenvalue weighted by Gasteiger charge is 2.06. The van der Waals surface area contributed by atoms with E-state index in [1.807, 2.05) is 6.92 Å². The van der Waals surface area contributed by atoms with Crippen LogP contribution in [0.3, 0.4) is 0 Å². The van der Waals surface area contributed by atoms with Crippen LogP contribution in [-0.2, 0) is 0 Å². The normalized spacial score (nSPS) is 10.3. The van der Waals surface area contributed by atoms with Crippen LogP contribution in [0.2, 0.25) is 5.02 Å². The zero-order valence-corrected chi connectivity index (χ0v) is 11.6. The standard InChI is InChI=1S/C13H15ClN4O/c1-3-4-16-13-17-6-9(2)12(18-13)19-11-5-10(14)7-15-8-11/h5-8H,3-4H2,1-2H3,(H,16,17,18). The third-order valence-corrected chi connectivity index (χ3v) is 2.56. The van der Waals surface area contributed by atoms with Crippen LogP contribution in [0.4, 0.5) is 5.95 Å². The number of rotatable bonds is 5. The Labute approximate surface area is 117 Å². The van der Waals surface area contributed by atoms with Gasteiger partial charge in [0.1, 0.15) is 5.75 Å². The number of hydrogen-bond acceptors (Lipinski definition) is 5. The number of nitrogens with one attached hydrogen (secondary N) is 1. The summed E-state index contributed by atoms with van der Waals surface area (Å²) in [5.41, 5.74) is 0.849. The van der Waals surface area contributed by atoms with E-state index in [4.69, 9.17) is 16.3 Å². The highest BCUT2D eigenvalue weighted by atomic mass is 35.5. The highest BCUT2D eigenvalue weighted by Crippen LogP contribution is 2.24. The molecule has 0 aliphatic carbocycles. The minimum absolute atomic E-state index is 0.498. The van der Waals surface area contributed by atoms with Gasteiger partial charge in [-0.1, -0.05) is 18.5 Å². The maximum atomic E-state index is 5.86. The van der Waals surface area contributed by atoms with Crippen molar-refractivity contribution < 1.29 is 4.74 Å². The minimum Gasteiger partial charge on any atom is -0.437 e. The van der Waals surface area contributed by atoms with Gasteiger partial charge in [0.05, 0.1) is 11.2 Å². The number of hydrogen-bond donors (Lipinski definition) is 1. The van der Waals surface area contributed by atoms with Gasteiger partial charge in [0, 0.05) is 30.6 Å². The molecule has 0 unspecified atom stereocenters. The largest absolute Gasteiger partial charge is 0.437 e. The summed E-state index contributed by atoms with van der Waals surface area (Å²) in [6.07, 6.45) is 5.87. The fraction of sp³-hybridized carbons (Fsp3) is 0.308. The molecule has 0 bridgehead atoms. The van der Waals surface area contributed by atoms with E-state index in [1.54, 1.807) is 24.7 Å². The van der Waals surface area contributed by atoms with E-state index < -0.39 is 0 Å². The molecule has 100 valence electrons. The lowest BCUT2D eigenvalue weighted by atomic mass is 10.3. The van der Waals surface area contributed by atoms with Crippen LogP contribution in [0.5, 0.6) is 11.6 Å². The molecular weight excluding hydrogens is 264 g/mol. The summed E-state index contributed by atoms with van der Waals surface area (Å²) >= 11 is 5.86. The second kappa shape index (κ2) is 6.33. The monoisotopic (exact) mass is 278 g/mol. The van der Waals surface area contributed by atoms with E-state index in [1.165, 1.54) is 0 Å². The number of halogens is 1. The molecule has 0 radical (unpaired) electrons. The summed E-state index contributed by atoms with van der Waals surface area (Å²) in [6, 6.07) is 1.69. The molecule has 6 heteroatoms. The maximum absolute atomic E-state index is 5.86. The highest BCUT2D eigenvalue weighted by molar-refractivity contribution is 6.30. The smallest absolute Gasteiger partial charge is 0.227 e. The van der Waals surface area contributed by atoms with Crippen molar-refractivity contribution >= 4 is 17.5 Å². The van der Waals surface area contributed by atoms with Gasteiger partial charge in [0.25, 0.3) is 0 Å². The third-order valence-electron chi connectivity index (χ3n) is 2.35. The number of aryl methyl sites for hydroxylation is 1. The van der Waals surface area contributed by atoms with Gasteiger partial charge in [-0.05, 0) is 13.3 Å². The fourth-order valence-corrected chi connectivity index (χ4v) is 1.58. The van der Waals surface area contributed by atoms with Crippen molar-refractivity contribution in [2.24, 2.45) is 0 Å². The quantitative estimate of drug-likeness (QED) is 0.908. The summed E-state index contributed by atoms with van der Waals surface area (Å²) in [6.45, 7) is 4.79. The zero-order chi connectivity index (χ0) is 13.7. The Bertz CT molecular complexity index is 562. The average molecular weight is 279 g/mol. The molecule has 0 aliphatic heterocycles. The average Bonchev–Trinajstić information content (AvgIpc) is 2.40. The minimum atomic E-state index is 0.498. The molecule has 0 amide bonds. The Morgan fingerprint density at radius 3 is 2.89 bits per heavy atom. The Kier molecular flexibility index (Phi) is 4.52. The SMILES string of the molecule is CCCNc1ncc(C)c(Oc2cncc(Cl)c2)n1. The molecule has 0 aliphatic rings. The predicted molar refractivity (Wildman–Crippen MR) is 74.9 cm³/mol. The summed E-state index contributed by atoms with van der Waals surface area (Å²) in [5.74, 6) is 1.60. The van der Waals surface area contributed by atoms with Crippen LogP contribution >= 0.6 is 11.6 Å². The van der Waals surface area contributed by atoms with E-state index >= 15 is 0 Å². The van der Waals surface area contributed by atoms with Crippen LogP contribution in [0.15, 0.2) is 24.7 Å². The summed E-state index contributed by atoms with van der Waals surface area (Å²) < 4.78 is 5.67. The van der Waals surface area contributed by atoms with E-state index in [2.05, 4.69) is 27.2 Å². The van der Waals surface area contributed by atoms with Crippen LogP contribution in [0, 0.1) is 6.92 Å². The first-order valence-corrected chi connectivity index (χ1v) is 6.42. The van der Waals surface area contributed by atoms with Gasteiger partial charge >= 0.3 is 0 Å². The lowest BCUT2D eigenvalue weighted by Crippen LogP contribution is -2.05. The molecule has 0 saturated carbocycles. The lowest BCUT2D eigenvalue weighted by Gasteiger charge is -2.09.